The first kappa shape index (κ1) is 42.3. The van der Waals surface area contributed by atoms with E-state index in [0.29, 0.717) is 49.1 Å². The molecule has 0 saturated carbocycles. The smallest absolute Gasteiger partial charge is 0.343 e. The molecule has 4 aromatic rings. The number of rotatable bonds is 23. The Morgan fingerprint density at radius 1 is 0.429 bits per heavy atom. The monoisotopic (exact) mass is 766 g/mol. The molecule has 0 aliphatic rings. The quantitative estimate of drug-likeness (QED) is 0.0308. The van der Waals surface area contributed by atoms with Gasteiger partial charge in [-0.2, -0.15) is 0 Å². The number of carbonyl (C=O) groups excluding carboxylic acids is 5. The summed E-state index contributed by atoms with van der Waals surface area (Å²) in [6, 6.07) is 25.3. The van der Waals surface area contributed by atoms with Crippen molar-refractivity contribution in [3.63, 3.8) is 0 Å². The largest absolute Gasteiger partial charge is 0.494 e. The molecule has 0 aliphatic heterocycles. The van der Waals surface area contributed by atoms with Crippen molar-refractivity contribution in [2.75, 3.05) is 26.4 Å². The Balaban J connectivity index is 1.13. The molecule has 0 aromatic heterocycles. The fourth-order valence-electron chi connectivity index (χ4n) is 5.05. The van der Waals surface area contributed by atoms with Crippen LogP contribution in [0.15, 0.2) is 110 Å². The van der Waals surface area contributed by atoms with E-state index in [2.05, 4.69) is 6.58 Å². The normalized spacial score (nSPS) is 10.4. The molecule has 0 heterocycles. The van der Waals surface area contributed by atoms with E-state index in [0.717, 1.165) is 57.4 Å². The molecule has 4 aromatic carbocycles. The van der Waals surface area contributed by atoms with Crippen LogP contribution < -0.4 is 23.7 Å². The molecule has 294 valence electrons. The van der Waals surface area contributed by atoms with Gasteiger partial charge in [0.05, 0.1) is 43.1 Å². The number of hydrogen-bond acceptors (Lipinski definition) is 12. The van der Waals surface area contributed by atoms with Gasteiger partial charge < -0.3 is 33.2 Å². The molecular formula is C44H46O12. The molecule has 0 bridgehead atoms. The number of unbranched alkanes of at least 4 members (excludes halogenated alkanes) is 6. The maximum absolute atomic E-state index is 12.7. The Kier molecular flexibility index (Phi) is 17.7. The third-order valence-corrected chi connectivity index (χ3v) is 8.06. The first-order valence-electron chi connectivity index (χ1n) is 18.4. The van der Waals surface area contributed by atoms with Gasteiger partial charge in [0, 0.05) is 13.0 Å². The summed E-state index contributed by atoms with van der Waals surface area (Å²) in [7, 11) is 0. The maximum Gasteiger partial charge on any atom is 0.343 e. The van der Waals surface area contributed by atoms with Crippen molar-refractivity contribution in [3.8, 4) is 28.7 Å². The van der Waals surface area contributed by atoms with E-state index in [9.17, 15) is 24.0 Å². The molecule has 0 radical (unpaired) electrons. The van der Waals surface area contributed by atoms with Crippen molar-refractivity contribution in [2.45, 2.75) is 58.3 Å². The van der Waals surface area contributed by atoms with Crippen LogP contribution in [0.1, 0.15) is 89.4 Å². The Morgan fingerprint density at radius 3 is 1.07 bits per heavy atom. The van der Waals surface area contributed by atoms with E-state index >= 15 is 0 Å². The zero-order valence-electron chi connectivity index (χ0n) is 31.4. The fraction of sp³-hybridized carbons (Fsp3) is 0.295. The minimum atomic E-state index is -0.626. The van der Waals surface area contributed by atoms with Gasteiger partial charge in [0.2, 0.25) is 0 Å². The topological polar surface area (TPSA) is 150 Å². The van der Waals surface area contributed by atoms with Gasteiger partial charge in [-0.15, -0.1) is 0 Å². The number of benzene rings is 4. The molecule has 0 amide bonds. The highest BCUT2D eigenvalue weighted by atomic mass is 16.6. The lowest BCUT2D eigenvalue weighted by atomic mass is 10.2. The molecule has 0 N–H and O–H groups in total. The summed E-state index contributed by atoms with van der Waals surface area (Å²) in [6.45, 7) is 6.62. The summed E-state index contributed by atoms with van der Waals surface area (Å²) in [6.07, 6.45) is 8.18. The molecule has 56 heavy (non-hydrogen) atoms. The first-order valence-corrected chi connectivity index (χ1v) is 18.4. The van der Waals surface area contributed by atoms with Gasteiger partial charge in [0.15, 0.2) is 0 Å². The van der Waals surface area contributed by atoms with E-state index in [4.69, 9.17) is 33.2 Å². The maximum atomic E-state index is 12.7. The van der Waals surface area contributed by atoms with Crippen LogP contribution in [0.5, 0.6) is 28.7 Å². The first-order chi connectivity index (χ1) is 27.2. The van der Waals surface area contributed by atoms with Crippen LogP contribution in [0.3, 0.4) is 0 Å². The highest BCUT2D eigenvalue weighted by Gasteiger charge is 2.14. The highest BCUT2D eigenvalue weighted by Crippen LogP contribution is 2.22. The number of carbonyl (C=O) groups is 5. The molecule has 0 unspecified atom stereocenters. The van der Waals surface area contributed by atoms with Crippen molar-refractivity contribution in [3.05, 3.63) is 126 Å². The van der Waals surface area contributed by atoms with Crippen LogP contribution in [0.2, 0.25) is 0 Å². The second kappa shape index (κ2) is 23.4. The fourth-order valence-corrected chi connectivity index (χ4v) is 5.05. The van der Waals surface area contributed by atoms with Crippen molar-refractivity contribution in [2.24, 2.45) is 0 Å². The SMILES string of the molecule is C=CC(=O)OCCCCCCOc1ccc(C(=O)Oc2ccc(OC(=O)c3ccc(OC(=O)c4ccc(OCCCCCCOC(C)=O)cc4)cc3)cc2)cc1. The summed E-state index contributed by atoms with van der Waals surface area (Å²) in [4.78, 5) is 59.9. The summed E-state index contributed by atoms with van der Waals surface area (Å²) in [5, 5.41) is 0. The molecule has 0 atom stereocenters. The third kappa shape index (κ3) is 15.5. The average Bonchev–Trinajstić information content (AvgIpc) is 3.21. The molecule has 12 nitrogen and oxygen atoms in total. The molecule has 0 spiro atoms. The zero-order valence-corrected chi connectivity index (χ0v) is 31.4. The zero-order chi connectivity index (χ0) is 40.0. The number of hydrogen-bond donors (Lipinski definition) is 0. The van der Waals surface area contributed by atoms with Gasteiger partial charge in [0.25, 0.3) is 0 Å². The lowest BCUT2D eigenvalue weighted by Gasteiger charge is -2.09. The number of esters is 5. The van der Waals surface area contributed by atoms with Gasteiger partial charge in [-0.1, -0.05) is 6.58 Å². The predicted molar refractivity (Wildman–Crippen MR) is 206 cm³/mol. The predicted octanol–water partition coefficient (Wildman–Crippen LogP) is 8.51. The van der Waals surface area contributed by atoms with Crippen molar-refractivity contribution in [1.82, 2.24) is 0 Å². The minimum absolute atomic E-state index is 0.238. The average molecular weight is 767 g/mol. The van der Waals surface area contributed by atoms with E-state index in [-0.39, 0.29) is 28.8 Å². The van der Waals surface area contributed by atoms with Crippen LogP contribution in [0, 0.1) is 0 Å². The van der Waals surface area contributed by atoms with Gasteiger partial charge in [0.1, 0.15) is 28.7 Å². The third-order valence-electron chi connectivity index (χ3n) is 8.06. The number of ether oxygens (including phenoxy) is 7. The Labute approximate surface area is 326 Å². The highest BCUT2D eigenvalue weighted by molar-refractivity contribution is 5.93. The van der Waals surface area contributed by atoms with Crippen LogP contribution in [0.25, 0.3) is 0 Å². The van der Waals surface area contributed by atoms with Gasteiger partial charge in [-0.25, -0.2) is 19.2 Å². The van der Waals surface area contributed by atoms with Gasteiger partial charge >= 0.3 is 29.8 Å². The summed E-state index contributed by atoms with van der Waals surface area (Å²) < 4.78 is 37.7. The van der Waals surface area contributed by atoms with Crippen molar-refractivity contribution in [1.29, 1.82) is 0 Å². The second-order valence-corrected chi connectivity index (χ2v) is 12.5. The summed E-state index contributed by atoms with van der Waals surface area (Å²) in [5.41, 5.74) is 0.917. The van der Waals surface area contributed by atoms with Gasteiger partial charge in [-0.05, 0) is 148 Å². The molecule has 4 rings (SSSR count). The molecule has 12 heteroatoms. The van der Waals surface area contributed by atoms with Crippen molar-refractivity contribution >= 4 is 29.8 Å². The lowest BCUT2D eigenvalue weighted by molar-refractivity contribution is -0.141. The van der Waals surface area contributed by atoms with Crippen LogP contribution in [-0.2, 0) is 19.1 Å². The molecule has 0 aliphatic carbocycles. The molecule has 0 fully saturated rings. The van der Waals surface area contributed by atoms with E-state index in [1.165, 1.54) is 55.5 Å². The minimum Gasteiger partial charge on any atom is -0.494 e. The second-order valence-electron chi connectivity index (χ2n) is 12.5. The Morgan fingerprint density at radius 2 is 0.732 bits per heavy atom. The molecule has 0 saturated heterocycles. The lowest BCUT2D eigenvalue weighted by Crippen LogP contribution is -2.10. The Bertz CT molecular complexity index is 1870. The van der Waals surface area contributed by atoms with E-state index in [1.807, 2.05) is 0 Å². The van der Waals surface area contributed by atoms with E-state index < -0.39 is 23.9 Å². The summed E-state index contributed by atoms with van der Waals surface area (Å²) in [5.74, 6) is -0.398. The van der Waals surface area contributed by atoms with Crippen LogP contribution in [-0.4, -0.2) is 56.3 Å². The standard InChI is InChI=1S/C44H46O12/c1-3-41(46)53-31-11-7-6-10-30-52-37-20-14-34(15-21-37)43(48)55-39-24-26-40(27-25-39)56-44(49)35-16-22-38(23-17-35)54-42(47)33-12-18-36(19-13-33)51-29-9-5-4-8-28-50-32(2)45/h3,12-27H,1,4-11,28-31H2,2H3. The van der Waals surface area contributed by atoms with E-state index in [1.54, 1.807) is 48.5 Å². The Hall–Kier alpha value is -6.43. The molecular weight excluding hydrogens is 720 g/mol. The van der Waals surface area contributed by atoms with Crippen molar-refractivity contribution < 1.29 is 57.1 Å². The van der Waals surface area contributed by atoms with Gasteiger partial charge in [-0.3, -0.25) is 4.79 Å². The van der Waals surface area contributed by atoms with Crippen LogP contribution in [0.4, 0.5) is 0 Å². The van der Waals surface area contributed by atoms with Crippen LogP contribution >= 0.6 is 0 Å². The summed E-state index contributed by atoms with van der Waals surface area (Å²) >= 11 is 0.